The van der Waals surface area contributed by atoms with Crippen LogP contribution in [0.5, 0.6) is 0 Å². The van der Waals surface area contributed by atoms with E-state index in [1.807, 2.05) is 20.8 Å². The van der Waals surface area contributed by atoms with E-state index in [1.54, 1.807) is 18.5 Å². The SMILES string of the molecule is CC(C)c1cc(C(=O)NCc2cnc([C@@]3(C)CCCCO3)nc2)on1. The lowest BCUT2D eigenvalue weighted by Crippen LogP contribution is -2.32. The summed E-state index contributed by atoms with van der Waals surface area (Å²) in [6, 6.07) is 1.67. The van der Waals surface area contributed by atoms with E-state index >= 15 is 0 Å². The smallest absolute Gasteiger partial charge is 0.290 e. The molecule has 1 N–H and O–H groups in total. The van der Waals surface area contributed by atoms with Gasteiger partial charge in [0.1, 0.15) is 5.60 Å². The first-order valence-corrected chi connectivity index (χ1v) is 8.68. The lowest BCUT2D eigenvalue weighted by Gasteiger charge is -2.32. The normalized spacial score (nSPS) is 20.6. The molecule has 0 bridgehead atoms. The van der Waals surface area contributed by atoms with E-state index in [-0.39, 0.29) is 17.6 Å². The summed E-state index contributed by atoms with van der Waals surface area (Å²) in [7, 11) is 0. The van der Waals surface area contributed by atoms with Crippen LogP contribution in [0.3, 0.4) is 0 Å². The van der Waals surface area contributed by atoms with Gasteiger partial charge in [-0.1, -0.05) is 19.0 Å². The van der Waals surface area contributed by atoms with Crippen LogP contribution in [0.15, 0.2) is 23.0 Å². The van der Waals surface area contributed by atoms with Crippen LogP contribution in [-0.4, -0.2) is 27.6 Å². The first-order chi connectivity index (χ1) is 12.0. The Morgan fingerprint density at radius 2 is 2.08 bits per heavy atom. The van der Waals surface area contributed by atoms with E-state index in [4.69, 9.17) is 9.26 Å². The maximum atomic E-state index is 12.1. The molecule has 3 rings (SSSR count). The lowest BCUT2D eigenvalue weighted by molar-refractivity contribution is -0.0760. The van der Waals surface area contributed by atoms with Crippen LogP contribution in [0.2, 0.25) is 0 Å². The molecule has 0 spiro atoms. The van der Waals surface area contributed by atoms with Crippen molar-refractivity contribution < 1.29 is 14.1 Å². The Labute approximate surface area is 147 Å². The van der Waals surface area contributed by atoms with Gasteiger partial charge in [0.05, 0.1) is 5.69 Å². The summed E-state index contributed by atoms with van der Waals surface area (Å²) in [4.78, 5) is 21.0. The van der Waals surface area contributed by atoms with Gasteiger partial charge in [-0.3, -0.25) is 4.79 Å². The molecule has 134 valence electrons. The molecule has 3 heterocycles. The maximum absolute atomic E-state index is 12.1. The van der Waals surface area contributed by atoms with Crippen LogP contribution in [0.25, 0.3) is 0 Å². The molecule has 1 aliphatic heterocycles. The van der Waals surface area contributed by atoms with Crippen molar-refractivity contribution in [2.75, 3.05) is 6.61 Å². The van der Waals surface area contributed by atoms with Crippen molar-refractivity contribution in [1.82, 2.24) is 20.4 Å². The second kappa shape index (κ2) is 7.31. The van der Waals surface area contributed by atoms with Crippen molar-refractivity contribution in [1.29, 1.82) is 0 Å². The van der Waals surface area contributed by atoms with Gasteiger partial charge in [-0.2, -0.15) is 0 Å². The summed E-state index contributed by atoms with van der Waals surface area (Å²) in [6.45, 7) is 7.09. The van der Waals surface area contributed by atoms with Crippen LogP contribution >= 0.6 is 0 Å². The first-order valence-electron chi connectivity index (χ1n) is 8.68. The van der Waals surface area contributed by atoms with Crippen LogP contribution in [0.4, 0.5) is 0 Å². The van der Waals surface area contributed by atoms with Crippen molar-refractivity contribution >= 4 is 5.91 Å². The largest absolute Gasteiger partial charge is 0.367 e. The van der Waals surface area contributed by atoms with Crippen LogP contribution in [0.1, 0.15) is 73.6 Å². The zero-order valence-electron chi connectivity index (χ0n) is 14.9. The zero-order valence-corrected chi connectivity index (χ0v) is 14.9. The van der Waals surface area contributed by atoms with Gasteiger partial charge in [0.25, 0.3) is 5.91 Å². The van der Waals surface area contributed by atoms with Crippen molar-refractivity contribution in [3.05, 3.63) is 41.3 Å². The molecule has 25 heavy (non-hydrogen) atoms. The molecular formula is C18H24N4O3. The van der Waals surface area contributed by atoms with Gasteiger partial charge in [-0.25, -0.2) is 9.97 Å². The highest BCUT2D eigenvalue weighted by Crippen LogP contribution is 2.32. The molecule has 1 fully saturated rings. The van der Waals surface area contributed by atoms with E-state index in [1.165, 1.54) is 0 Å². The Balaban J connectivity index is 1.58. The van der Waals surface area contributed by atoms with Crippen LogP contribution in [0, 0.1) is 0 Å². The first kappa shape index (κ1) is 17.5. The monoisotopic (exact) mass is 344 g/mol. The molecular weight excluding hydrogens is 320 g/mol. The van der Waals surface area contributed by atoms with E-state index in [0.717, 1.165) is 37.1 Å². The summed E-state index contributed by atoms with van der Waals surface area (Å²) in [5.41, 5.74) is 1.17. The van der Waals surface area contributed by atoms with Crippen molar-refractivity contribution in [3.63, 3.8) is 0 Å². The minimum atomic E-state index is -0.410. The van der Waals surface area contributed by atoms with Gasteiger partial charge in [-0.05, 0) is 32.1 Å². The van der Waals surface area contributed by atoms with Crippen molar-refractivity contribution in [2.45, 2.75) is 58.1 Å². The summed E-state index contributed by atoms with van der Waals surface area (Å²) < 4.78 is 10.9. The summed E-state index contributed by atoms with van der Waals surface area (Å²) in [6.07, 6.45) is 6.58. The predicted molar refractivity (Wildman–Crippen MR) is 90.9 cm³/mol. The number of rotatable bonds is 5. The second-order valence-electron chi connectivity index (χ2n) is 6.90. The van der Waals surface area contributed by atoms with E-state index in [0.29, 0.717) is 12.4 Å². The Hall–Kier alpha value is -2.28. The summed E-state index contributed by atoms with van der Waals surface area (Å²) in [5, 5.41) is 6.68. The molecule has 1 atom stereocenters. The van der Waals surface area contributed by atoms with Gasteiger partial charge >= 0.3 is 0 Å². The van der Waals surface area contributed by atoms with E-state index in [9.17, 15) is 4.79 Å². The molecule has 1 saturated heterocycles. The average molecular weight is 344 g/mol. The molecule has 2 aromatic heterocycles. The third kappa shape index (κ3) is 4.04. The van der Waals surface area contributed by atoms with Gasteiger partial charge in [0, 0.05) is 37.2 Å². The number of aromatic nitrogens is 3. The number of hydrogen-bond acceptors (Lipinski definition) is 6. The Morgan fingerprint density at radius 3 is 2.68 bits per heavy atom. The molecule has 0 aromatic carbocycles. The third-order valence-corrected chi connectivity index (χ3v) is 4.44. The predicted octanol–water partition coefficient (Wildman–Crippen LogP) is 2.93. The highest BCUT2D eigenvalue weighted by molar-refractivity contribution is 5.91. The minimum absolute atomic E-state index is 0.212. The number of hydrogen-bond donors (Lipinski definition) is 1. The third-order valence-electron chi connectivity index (χ3n) is 4.44. The number of carbonyl (C=O) groups is 1. The number of carbonyl (C=O) groups excluding carboxylic acids is 1. The molecule has 2 aromatic rings. The summed E-state index contributed by atoms with van der Waals surface area (Å²) >= 11 is 0. The fourth-order valence-electron chi connectivity index (χ4n) is 2.77. The highest BCUT2D eigenvalue weighted by atomic mass is 16.5. The molecule has 1 aliphatic rings. The number of ether oxygens (including phenoxy) is 1. The van der Waals surface area contributed by atoms with Gasteiger partial charge < -0.3 is 14.6 Å². The standard InChI is InChI=1S/C18H24N4O3/c1-12(2)14-8-15(25-22-14)16(23)19-9-13-10-20-17(21-11-13)18(3)6-4-5-7-24-18/h8,10-12H,4-7,9H2,1-3H3,(H,19,23)/t18-/m1/s1. The number of nitrogens with one attached hydrogen (secondary N) is 1. The zero-order chi connectivity index (χ0) is 17.9. The molecule has 0 saturated carbocycles. The topological polar surface area (TPSA) is 90.1 Å². The lowest BCUT2D eigenvalue weighted by atomic mass is 9.95. The van der Waals surface area contributed by atoms with E-state index < -0.39 is 5.60 Å². The quantitative estimate of drug-likeness (QED) is 0.897. The van der Waals surface area contributed by atoms with Gasteiger partial charge in [0.15, 0.2) is 5.82 Å². The fourth-order valence-corrected chi connectivity index (χ4v) is 2.77. The molecule has 7 heteroatoms. The van der Waals surface area contributed by atoms with Gasteiger partial charge in [0.2, 0.25) is 5.76 Å². The molecule has 7 nitrogen and oxygen atoms in total. The maximum Gasteiger partial charge on any atom is 0.290 e. The number of amides is 1. The average Bonchev–Trinajstić information content (AvgIpc) is 3.11. The van der Waals surface area contributed by atoms with Crippen molar-refractivity contribution in [3.8, 4) is 0 Å². The minimum Gasteiger partial charge on any atom is -0.367 e. The molecule has 0 unspecified atom stereocenters. The Bertz CT molecular complexity index is 718. The molecule has 0 aliphatic carbocycles. The van der Waals surface area contributed by atoms with Crippen LogP contribution in [-0.2, 0) is 16.9 Å². The van der Waals surface area contributed by atoms with Crippen molar-refractivity contribution in [2.24, 2.45) is 0 Å². The second-order valence-corrected chi connectivity index (χ2v) is 6.90. The molecule has 1 amide bonds. The molecule has 0 radical (unpaired) electrons. The Kier molecular flexibility index (Phi) is 5.13. The van der Waals surface area contributed by atoms with Crippen LogP contribution < -0.4 is 5.32 Å². The number of nitrogens with zero attached hydrogens (tertiary/aromatic N) is 3. The van der Waals surface area contributed by atoms with E-state index in [2.05, 4.69) is 20.4 Å². The fraction of sp³-hybridized carbons (Fsp3) is 0.556. The van der Waals surface area contributed by atoms with Gasteiger partial charge in [-0.15, -0.1) is 0 Å². The summed E-state index contributed by atoms with van der Waals surface area (Å²) in [5.74, 6) is 0.823. The highest BCUT2D eigenvalue weighted by Gasteiger charge is 2.32. The Morgan fingerprint density at radius 1 is 1.32 bits per heavy atom.